The summed E-state index contributed by atoms with van der Waals surface area (Å²) in [6.07, 6.45) is 0.343. The quantitative estimate of drug-likeness (QED) is 0.591. The Bertz CT molecular complexity index is 535. The van der Waals surface area contributed by atoms with Gasteiger partial charge in [-0.05, 0) is 30.2 Å². The molecule has 0 aromatic heterocycles. The molecular weight excluding hydrogens is 228 g/mol. The van der Waals surface area contributed by atoms with Crippen molar-refractivity contribution >= 4 is 10.1 Å². The highest BCUT2D eigenvalue weighted by molar-refractivity contribution is 7.85. The molecule has 0 saturated carbocycles. The first-order chi connectivity index (χ1) is 7.45. The van der Waals surface area contributed by atoms with Crippen molar-refractivity contribution < 1.29 is 18.1 Å². The predicted octanol–water partition coefficient (Wildman–Crippen LogP) is 0.780. The molecule has 0 spiro atoms. The molecule has 1 aromatic carbocycles. The molecule has 0 aliphatic heterocycles. The van der Waals surface area contributed by atoms with Gasteiger partial charge in [0.1, 0.15) is 6.61 Å². The Morgan fingerprint density at radius 2 is 2.00 bits per heavy atom. The Kier molecular flexibility index (Phi) is 4.07. The number of rotatable bonds is 2. The van der Waals surface area contributed by atoms with E-state index >= 15 is 0 Å². The molecule has 4 nitrogen and oxygen atoms in total. The summed E-state index contributed by atoms with van der Waals surface area (Å²) in [7, 11) is -4.17. The third-order valence-electron chi connectivity index (χ3n) is 2.10. The summed E-state index contributed by atoms with van der Waals surface area (Å²) >= 11 is 0. The number of hydrogen-bond donors (Lipinski definition) is 2. The van der Waals surface area contributed by atoms with Crippen molar-refractivity contribution in [1.29, 1.82) is 0 Å². The maximum Gasteiger partial charge on any atom is 0.294 e. The Hall–Kier alpha value is -1.35. The van der Waals surface area contributed by atoms with Gasteiger partial charge in [-0.2, -0.15) is 8.42 Å². The molecule has 1 rings (SSSR count). The van der Waals surface area contributed by atoms with E-state index in [9.17, 15) is 8.42 Å². The Morgan fingerprint density at radius 3 is 2.56 bits per heavy atom. The second kappa shape index (κ2) is 5.12. The fraction of sp³-hybridized carbons (Fsp3) is 0.273. The van der Waals surface area contributed by atoms with Crippen LogP contribution in [0.15, 0.2) is 23.1 Å². The van der Waals surface area contributed by atoms with Gasteiger partial charge in [0.05, 0.1) is 4.90 Å². The highest BCUT2D eigenvalue weighted by atomic mass is 32.2. The Morgan fingerprint density at radius 1 is 1.31 bits per heavy atom. The van der Waals surface area contributed by atoms with Crippen molar-refractivity contribution in [3.8, 4) is 11.8 Å². The molecule has 5 heteroatoms. The van der Waals surface area contributed by atoms with Crippen LogP contribution in [0.5, 0.6) is 0 Å². The molecule has 16 heavy (non-hydrogen) atoms. The van der Waals surface area contributed by atoms with Gasteiger partial charge in [0.15, 0.2) is 0 Å². The standard InChI is InChI=1S/C11H12O4S/c1-9-5-6-11(16(13,14)15)8-10(9)4-2-3-7-12/h5-6,8,12H,4,7H2,1H3,(H,13,14,15). The van der Waals surface area contributed by atoms with E-state index in [0.717, 1.165) is 11.1 Å². The van der Waals surface area contributed by atoms with Gasteiger partial charge in [0.25, 0.3) is 10.1 Å². The van der Waals surface area contributed by atoms with Gasteiger partial charge in [-0.3, -0.25) is 4.55 Å². The van der Waals surface area contributed by atoms with Crippen LogP contribution in [0.3, 0.4) is 0 Å². The monoisotopic (exact) mass is 240 g/mol. The van der Waals surface area contributed by atoms with Gasteiger partial charge >= 0.3 is 0 Å². The maximum atomic E-state index is 10.9. The third-order valence-corrected chi connectivity index (χ3v) is 2.95. The molecule has 0 heterocycles. The summed E-state index contributed by atoms with van der Waals surface area (Å²) in [5.74, 6) is 5.17. The molecule has 86 valence electrons. The normalized spacial score (nSPS) is 10.7. The van der Waals surface area contributed by atoms with Crippen molar-refractivity contribution in [3.05, 3.63) is 29.3 Å². The molecule has 0 saturated heterocycles. The number of hydrogen-bond acceptors (Lipinski definition) is 3. The largest absolute Gasteiger partial charge is 0.384 e. The van der Waals surface area contributed by atoms with E-state index < -0.39 is 10.1 Å². The van der Waals surface area contributed by atoms with E-state index in [1.165, 1.54) is 12.1 Å². The molecule has 0 fully saturated rings. The first kappa shape index (κ1) is 12.7. The number of aliphatic hydroxyl groups excluding tert-OH is 1. The molecule has 0 aliphatic rings. The van der Waals surface area contributed by atoms with Gasteiger partial charge in [-0.15, -0.1) is 0 Å². The van der Waals surface area contributed by atoms with E-state index in [-0.39, 0.29) is 11.5 Å². The number of benzene rings is 1. The van der Waals surface area contributed by atoms with Crippen LogP contribution in [0.25, 0.3) is 0 Å². The zero-order valence-electron chi connectivity index (χ0n) is 8.77. The minimum Gasteiger partial charge on any atom is -0.384 e. The second-order valence-corrected chi connectivity index (χ2v) is 4.67. The van der Waals surface area contributed by atoms with Gasteiger partial charge in [-0.1, -0.05) is 17.9 Å². The lowest BCUT2D eigenvalue weighted by atomic mass is 10.1. The van der Waals surface area contributed by atoms with Crippen molar-refractivity contribution in [2.75, 3.05) is 6.61 Å². The fourth-order valence-corrected chi connectivity index (χ4v) is 1.74. The topological polar surface area (TPSA) is 74.6 Å². The van der Waals surface area contributed by atoms with Crippen molar-refractivity contribution in [3.63, 3.8) is 0 Å². The Balaban J connectivity index is 3.09. The number of aryl methyl sites for hydroxylation is 1. The van der Waals surface area contributed by atoms with Crippen molar-refractivity contribution in [2.45, 2.75) is 18.2 Å². The lowest BCUT2D eigenvalue weighted by Crippen LogP contribution is -2.00. The summed E-state index contributed by atoms with van der Waals surface area (Å²) in [5, 5.41) is 8.49. The summed E-state index contributed by atoms with van der Waals surface area (Å²) < 4.78 is 30.7. The first-order valence-electron chi connectivity index (χ1n) is 4.58. The first-order valence-corrected chi connectivity index (χ1v) is 6.03. The number of aliphatic hydroxyl groups is 1. The van der Waals surface area contributed by atoms with Crippen molar-refractivity contribution in [1.82, 2.24) is 0 Å². The van der Waals surface area contributed by atoms with E-state index in [1.54, 1.807) is 6.07 Å². The minimum absolute atomic E-state index is 0.140. The highest BCUT2D eigenvalue weighted by Crippen LogP contribution is 2.15. The van der Waals surface area contributed by atoms with Gasteiger partial charge in [-0.25, -0.2) is 0 Å². The molecule has 0 amide bonds. The van der Waals surface area contributed by atoms with Crippen LogP contribution >= 0.6 is 0 Å². The van der Waals surface area contributed by atoms with Crippen LogP contribution in [0.1, 0.15) is 11.1 Å². The van der Waals surface area contributed by atoms with Crippen molar-refractivity contribution in [2.24, 2.45) is 0 Å². The second-order valence-electron chi connectivity index (χ2n) is 3.25. The van der Waals surface area contributed by atoms with Crippen LogP contribution in [0.4, 0.5) is 0 Å². The molecule has 0 atom stereocenters. The average Bonchev–Trinajstić information content (AvgIpc) is 2.19. The molecular formula is C11H12O4S. The molecule has 0 unspecified atom stereocenters. The predicted molar refractivity (Wildman–Crippen MR) is 59.6 cm³/mol. The van der Waals surface area contributed by atoms with Gasteiger partial charge in [0.2, 0.25) is 0 Å². The zero-order chi connectivity index (χ0) is 12.2. The zero-order valence-corrected chi connectivity index (χ0v) is 9.58. The van der Waals surface area contributed by atoms with E-state index in [0.29, 0.717) is 6.42 Å². The lowest BCUT2D eigenvalue weighted by Gasteiger charge is -2.04. The Labute approximate surface area is 94.7 Å². The molecule has 2 N–H and O–H groups in total. The summed E-state index contributed by atoms with van der Waals surface area (Å²) in [6.45, 7) is 1.60. The molecule has 0 aliphatic carbocycles. The van der Waals surface area contributed by atoms with Gasteiger partial charge in [0, 0.05) is 6.42 Å². The molecule has 0 radical (unpaired) electrons. The maximum absolute atomic E-state index is 10.9. The molecule has 0 bridgehead atoms. The average molecular weight is 240 g/mol. The van der Waals surface area contributed by atoms with E-state index in [2.05, 4.69) is 11.8 Å². The smallest absolute Gasteiger partial charge is 0.294 e. The van der Waals surface area contributed by atoms with Crippen LogP contribution in [0.2, 0.25) is 0 Å². The highest BCUT2D eigenvalue weighted by Gasteiger charge is 2.10. The lowest BCUT2D eigenvalue weighted by molar-refractivity contribution is 0.350. The SMILES string of the molecule is Cc1ccc(S(=O)(=O)O)cc1CC#CCO. The van der Waals surface area contributed by atoms with Crippen LogP contribution in [-0.4, -0.2) is 24.7 Å². The summed E-state index contributed by atoms with van der Waals surface area (Å²) in [5.41, 5.74) is 1.61. The van der Waals surface area contributed by atoms with Crippen LogP contribution in [0, 0.1) is 18.8 Å². The third kappa shape index (κ3) is 3.35. The van der Waals surface area contributed by atoms with Crippen LogP contribution < -0.4 is 0 Å². The summed E-state index contributed by atoms with van der Waals surface area (Å²) in [6, 6.07) is 4.34. The van der Waals surface area contributed by atoms with E-state index in [1.807, 2.05) is 6.92 Å². The fourth-order valence-electron chi connectivity index (χ4n) is 1.21. The molecule has 1 aromatic rings. The van der Waals surface area contributed by atoms with Crippen LogP contribution in [-0.2, 0) is 16.5 Å². The van der Waals surface area contributed by atoms with E-state index in [4.69, 9.17) is 9.66 Å². The minimum atomic E-state index is -4.17. The van der Waals surface area contributed by atoms with Gasteiger partial charge < -0.3 is 5.11 Å². The summed E-state index contributed by atoms with van der Waals surface area (Å²) in [4.78, 5) is -0.140.